The van der Waals surface area contributed by atoms with Gasteiger partial charge in [0.2, 0.25) is 15.8 Å². The molecule has 28 heavy (non-hydrogen) atoms. The number of carboxylic acids is 1. The van der Waals surface area contributed by atoms with Crippen LogP contribution in [0.15, 0.2) is 64.0 Å². The van der Waals surface area contributed by atoms with E-state index in [1.165, 1.54) is 26.2 Å². The third-order valence-corrected chi connectivity index (χ3v) is 5.66. The standard InChI is InChI=1S/C19H18N2O6S/c1-12(21-28(24,25)15-6-4-3-5-7-15)16-17(20-27-18(16)19(22)23)13-8-10-14(26-2)11-9-13/h3-12,21H,1-2H3,(H,22,23)/t12-/m1/s1. The fraction of sp³-hybridized carbons (Fsp3) is 0.158. The van der Waals surface area contributed by atoms with E-state index in [0.29, 0.717) is 11.3 Å². The number of nitrogens with zero attached hydrogens (tertiary/aromatic N) is 1. The van der Waals surface area contributed by atoms with Gasteiger partial charge in [0.1, 0.15) is 11.4 Å². The molecule has 146 valence electrons. The quantitative estimate of drug-likeness (QED) is 0.623. The van der Waals surface area contributed by atoms with Crippen molar-refractivity contribution < 1.29 is 27.6 Å². The van der Waals surface area contributed by atoms with Crippen LogP contribution in [0.3, 0.4) is 0 Å². The molecular formula is C19H18N2O6S. The third kappa shape index (κ3) is 3.90. The second-order valence-corrected chi connectivity index (χ2v) is 7.68. The SMILES string of the molecule is COc1ccc(-c2noc(C(=O)O)c2[C@@H](C)NS(=O)(=O)c2ccccc2)cc1. The van der Waals surface area contributed by atoms with Gasteiger partial charge < -0.3 is 14.4 Å². The van der Waals surface area contributed by atoms with Gasteiger partial charge >= 0.3 is 5.97 Å². The number of hydrogen-bond donors (Lipinski definition) is 2. The fourth-order valence-electron chi connectivity index (χ4n) is 2.77. The van der Waals surface area contributed by atoms with E-state index < -0.39 is 27.8 Å². The Balaban J connectivity index is 2.01. The van der Waals surface area contributed by atoms with Crippen LogP contribution in [0.25, 0.3) is 11.3 Å². The number of carbonyl (C=O) groups is 1. The topological polar surface area (TPSA) is 119 Å². The molecule has 0 saturated carbocycles. The molecule has 0 aliphatic carbocycles. The number of methoxy groups -OCH3 is 1. The molecule has 0 unspecified atom stereocenters. The van der Waals surface area contributed by atoms with Crippen LogP contribution in [0.1, 0.15) is 29.1 Å². The Labute approximate surface area is 161 Å². The van der Waals surface area contributed by atoms with Crippen molar-refractivity contribution in [2.75, 3.05) is 7.11 Å². The number of aromatic nitrogens is 1. The van der Waals surface area contributed by atoms with E-state index in [1.807, 2.05) is 0 Å². The number of sulfonamides is 1. The van der Waals surface area contributed by atoms with E-state index in [0.717, 1.165) is 0 Å². The Morgan fingerprint density at radius 2 is 1.79 bits per heavy atom. The van der Waals surface area contributed by atoms with Crippen LogP contribution in [0.2, 0.25) is 0 Å². The maximum Gasteiger partial charge on any atom is 0.375 e. The molecule has 0 bridgehead atoms. The highest BCUT2D eigenvalue weighted by molar-refractivity contribution is 7.89. The van der Waals surface area contributed by atoms with Crippen LogP contribution in [-0.4, -0.2) is 31.8 Å². The summed E-state index contributed by atoms with van der Waals surface area (Å²) >= 11 is 0. The second kappa shape index (κ2) is 7.83. The van der Waals surface area contributed by atoms with Crippen LogP contribution < -0.4 is 9.46 Å². The van der Waals surface area contributed by atoms with E-state index in [-0.39, 0.29) is 16.2 Å². The predicted molar refractivity (Wildman–Crippen MR) is 101 cm³/mol. The smallest absolute Gasteiger partial charge is 0.375 e. The Morgan fingerprint density at radius 3 is 2.36 bits per heavy atom. The zero-order valence-corrected chi connectivity index (χ0v) is 15.9. The minimum Gasteiger partial charge on any atom is -0.497 e. The normalized spacial score (nSPS) is 12.5. The molecule has 2 aromatic carbocycles. The molecule has 3 aromatic rings. The molecule has 0 amide bonds. The van der Waals surface area contributed by atoms with Gasteiger partial charge in [-0.1, -0.05) is 23.4 Å². The maximum atomic E-state index is 12.6. The van der Waals surface area contributed by atoms with E-state index >= 15 is 0 Å². The van der Waals surface area contributed by atoms with E-state index in [2.05, 4.69) is 9.88 Å². The molecule has 3 rings (SSSR count). The summed E-state index contributed by atoms with van der Waals surface area (Å²) in [5.74, 6) is -1.15. The lowest BCUT2D eigenvalue weighted by Crippen LogP contribution is -2.28. The molecule has 0 radical (unpaired) electrons. The van der Waals surface area contributed by atoms with Crippen molar-refractivity contribution in [3.8, 4) is 17.0 Å². The van der Waals surface area contributed by atoms with Crippen molar-refractivity contribution in [1.29, 1.82) is 0 Å². The fourth-order valence-corrected chi connectivity index (χ4v) is 4.00. The van der Waals surface area contributed by atoms with Gasteiger partial charge in [-0.05, 0) is 43.3 Å². The van der Waals surface area contributed by atoms with Gasteiger partial charge in [0, 0.05) is 5.56 Å². The number of aromatic carboxylic acids is 1. The molecule has 1 atom stereocenters. The Kier molecular flexibility index (Phi) is 5.48. The van der Waals surface area contributed by atoms with Crippen LogP contribution in [0, 0.1) is 0 Å². The van der Waals surface area contributed by atoms with Gasteiger partial charge in [-0.3, -0.25) is 0 Å². The highest BCUT2D eigenvalue weighted by Crippen LogP contribution is 2.32. The maximum absolute atomic E-state index is 12.6. The van der Waals surface area contributed by atoms with Crippen LogP contribution in [0.5, 0.6) is 5.75 Å². The average molecular weight is 402 g/mol. The zero-order valence-electron chi connectivity index (χ0n) is 15.1. The Morgan fingerprint density at radius 1 is 1.14 bits per heavy atom. The lowest BCUT2D eigenvalue weighted by atomic mass is 10.0. The summed E-state index contributed by atoms with van der Waals surface area (Å²) in [6.45, 7) is 1.53. The summed E-state index contributed by atoms with van der Waals surface area (Å²) < 4.78 is 37.8. The molecule has 2 N–H and O–H groups in total. The number of hydrogen-bond acceptors (Lipinski definition) is 6. The minimum absolute atomic E-state index is 0.0705. The first-order chi connectivity index (χ1) is 13.3. The molecule has 0 fully saturated rings. The lowest BCUT2D eigenvalue weighted by Gasteiger charge is -2.15. The number of carboxylic acid groups (broad SMARTS) is 1. The summed E-state index contributed by atoms with van der Waals surface area (Å²) in [7, 11) is -2.34. The number of benzene rings is 2. The van der Waals surface area contributed by atoms with E-state index in [4.69, 9.17) is 9.26 Å². The highest BCUT2D eigenvalue weighted by atomic mass is 32.2. The molecular weight excluding hydrogens is 384 g/mol. The van der Waals surface area contributed by atoms with Gasteiger partial charge in [-0.15, -0.1) is 0 Å². The van der Waals surface area contributed by atoms with E-state index in [1.54, 1.807) is 42.5 Å². The van der Waals surface area contributed by atoms with Crippen molar-refractivity contribution in [2.45, 2.75) is 17.9 Å². The van der Waals surface area contributed by atoms with Crippen LogP contribution in [0.4, 0.5) is 0 Å². The van der Waals surface area contributed by atoms with Gasteiger partial charge in [-0.2, -0.15) is 0 Å². The van der Waals surface area contributed by atoms with Gasteiger partial charge in [0.15, 0.2) is 0 Å². The third-order valence-electron chi connectivity index (χ3n) is 4.10. The number of rotatable bonds is 7. The van der Waals surface area contributed by atoms with Crippen molar-refractivity contribution >= 4 is 16.0 Å². The number of nitrogens with one attached hydrogen (secondary N) is 1. The average Bonchev–Trinajstić information content (AvgIpc) is 3.14. The lowest BCUT2D eigenvalue weighted by molar-refractivity contribution is 0.0649. The Hall–Kier alpha value is -3.17. The van der Waals surface area contributed by atoms with Gasteiger partial charge in [0.25, 0.3) is 0 Å². The first-order valence-corrected chi connectivity index (χ1v) is 9.76. The van der Waals surface area contributed by atoms with Crippen LogP contribution in [-0.2, 0) is 10.0 Å². The summed E-state index contributed by atoms with van der Waals surface area (Å²) in [5, 5.41) is 13.3. The van der Waals surface area contributed by atoms with E-state index in [9.17, 15) is 18.3 Å². The Bertz CT molecular complexity index is 1080. The molecule has 0 aliphatic heterocycles. The second-order valence-electron chi connectivity index (χ2n) is 5.96. The van der Waals surface area contributed by atoms with Crippen molar-refractivity contribution in [2.24, 2.45) is 0 Å². The molecule has 1 aromatic heterocycles. The monoisotopic (exact) mass is 402 g/mol. The van der Waals surface area contributed by atoms with Gasteiger partial charge in [0.05, 0.1) is 23.6 Å². The predicted octanol–water partition coefficient (Wildman–Crippen LogP) is 3.09. The number of ether oxygens (including phenoxy) is 1. The van der Waals surface area contributed by atoms with Crippen LogP contribution >= 0.6 is 0 Å². The van der Waals surface area contributed by atoms with Crippen molar-refractivity contribution in [1.82, 2.24) is 9.88 Å². The molecule has 9 heteroatoms. The summed E-state index contributed by atoms with van der Waals surface area (Å²) in [6, 6.07) is 13.6. The molecule has 0 spiro atoms. The molecule has 8 nitrogen and oxygen atoms in total. The van der Waals surface area contributed by atoms with Crippen molar-refractivity contribution in [3.63, 3.8) is 0 Å². The summed E-state index contributed by atoms with van der Waals surface area (Å²) in [5.41, 5.74) is 0.943. The molecule has 1 heterocycles. The first kappa shape index (κ1) is 19.6. The molecule has 0 aliphatic rings. The van der Waals surface area contributed by atoms with Crippen molar-refractivity contribution in [3.05, 3.63) is 65.9 Å². The molecule has 0 saturated heterocycles. The largest absolute Gasteiger partial charge is 0.497 e. The summed E-state index contributed by atoms with van der Waals surface area (Å²) in [6.07, 6.45) is 0. The first-order valence-electron chi connectivity index (χ1n) is 8.28. The summed E-state index contributed by atoms with van der Waals surface area (Å²) in [4.78, 5) is 11.6. The zero-order chi connectivity index (χ0) is 20.3. The van der Waals surface area contributed by atoms with Gasteiger partial charge in [-0.25, -0.2) is 17.9 Å². The minimum atomic E-state index is -3.87. The highest BCUT2D eigenvalue weighted by Gasteiger charge is 2.29.